The highest BCUT2D eigenvalue weighted by Crippen LogP contribution is 2.27. The van der Waals surface area contributed by atoms with Gasteiger partial charge in [-0.3, -0.25) is 0 Å². The average Bonchev–Trinajstić information content (AvgIpc) is 2.03. The summed E-state index contributed by atoms with van der Waals surface area (Å²) in [6.07, 6.45) is 0.632. The smallest absolute Gasteiger partial charge is 0.119 e. The molecular formula is C10H13NOS. The number of phenolic OH excluding ortho intramolecular Hbond substituents is 1. The second-order valence-electron chi connectivity index (χ2n) is 3.13. The van der Waals surface area contributed by atoms with E-state index in [2.05, 4.69) is 0 Å². The fourth-order valence-electron chi connectivity index (χ4n) is 1.32. The molecule has 0 aliphatic heterocycles. The van der Waals surface area contributed by atoms with Crippen LogP contribution in [0.4, 0.5) is 0 Å². The lowest BCUT2D eigenvalue weighted by Crippen LogP contribution is -2.11. The van der Waals surface area contributed by atoms with Crippen molar-refractivity contribution in [2.24, 2.45) is 5.73 Å². The predicted octanol–water partition coefficient (Wildman–Crippen LogP) is 2.17. The van der Waals surface area contributed by atoms with E-state index in [0.717, 1.165) is 5.56 Å². The van der Waals surface area contributed by atoms with Gasteiger partial charge in [0, 0.05) is 6.42 Å². The summed E-state index contributed by atoms with van der Waals surface area (Å²) >= 11 is 4.81. The van der Waals surface area contributed by atoms with Crippen molar-refractivity contribution in [1.82, 2.24) is 0 Å². The van der Waals surface area contributed by atoms with Crippen molar-refractivity contribution in [3.8, 4) is 5.75 Å². The zero-order valence-corrected chi connectivity index (χ0v) is 8.34. The Kier molecular flexibility index (Phi) is 3.25. The Balaban J connectivity index is 2.82. The molecule has 0 aliphatic carbocycles. The second-order valence-corrected chi connectivity index (χ2v) is 3.65. The standard InChI is InChI=1S/C10H13NOS/c1-7(6-10(11)13)8-4-2-3-5-9(8)12/h2-5,7,12H,6H2,1H3,(H2,11,13). The lowest BCUT2D eigenvalue weighted by molar-refractivity contribution is 0.463. The summed E-state index contributed by atoms with van der Waals surface area (Å²) in [6, 6.07) is 7.25. The minimum atomic E-state index is 0.179. The molecule has 0 heterocycles. The molecule has 0 radical (unpaired) electrons. The molecule has 13 heavy (non-hydrogen) atoms. The van der Waals surface area contributed by atoms with Crippen molar-refractivity contribution >= 4 is 17.2 Å². The van der Waals surface area contributed by atoms with Gasteiger partial charge in [0.2, 0.25) is 0 Å². The van der Waals surface area contributed by atoms with E-state index in [-0.39, 0.29) is 5.92 Å². The Hall–Kier alpha value is -1.09. The molecule has 70 valence electrons. The number of phenols is 1. The van der Waals surface area contributed by atoms with Crippen molar-refractivity contribution in [2.75, 3.05) is 0 Å². The summed E-state index contributed by atoms with van der Waals surface area (Å²) in [5, 5.41) is 9.51. The summed E-state index contributed by atoms with van der Waals surface area (Å²) in [7, 11) is 0. The highest BCUT2D eigenvalue weighted by molar-refractivity contribution is 7.80. The topological polar surface area (TPSA) is 46.2 Å². The van der Waals surface area contributed by atoms with E-state index in [1.807, 2.05) is 19.1 Å². The van der Waals surface area contributed by atoms with Crippen molar-refractivity contribution in [3.63, 3.8) is 0 Å². The van der Waals surface area contributed by atoms with E-state index in [1.54, 1.807) is 12.1 Å². The third kappa shape index (κ3) is 2.70. The SMILES string of the molecule is CC(CC(N)=S)c1ccccc1O. The van der Waals surface area contributed by atoms with Crippen LogP contribution in [0.1, 0.15) is 24.8 Å². The first kappa shape index (κ1) is 9.99. The summed E-state index contributed by atoms with van der Waals surface area (Å²) in [6.45, 7) is 1.99. The summed E-state index contributed by atoms with van der Waals surface area (Å²) in [5.41, 5.74) is 6.33. The lowest BCUT2D eigenvalue weighted by atomic mass is 9.97. The van der Waals surface area contributed by atoms with Crippen LogP contribution >= 0.6 is 12.2 Å². The summed E-state index contributed by atoms with van der Waals surface area (Å²) in [4.78, 5) is 0.482. The largest absolute Gasteiger partial charge is 0.508 e. The van der Waals surface area contributed by atoms with Gasteiger partial charge in [-0.2, -0.15) is 0 Å². The van der Waals surface area contributed by atoms with Crippen LogP contribution < -0.4 is 5.73 Å². The van der Waals surface area contributed by atoms with Gasteiger partial charge in [0.1, 0.15) is 5.75 Å². The van der Waals surface area contributed by atoms with Gasteiger partial charge in [0.25, 0.3) is 0 Å². The summed E-state index contributed by atoms with van der Waals surface area (Å²) < 4.78 is 0. The number of aromatic hydroxyl groups is 1. The number of hydrogen-bond acceptors (Lipinski definition) is 2. The average molecular weight is 195 g/mol. The second kappa shape index (κ2) is 4.23. The van der Waals surface area contributed by atoms with E-state index >= 15 is 0 Å². The van der Waals surface area contributed by atoms with Crippen molar-refractivity contribution in [2.45, 2.75) is 19.3 Å². The predicted molar refractivity (Wildman–Crippen MR) is 57.9 cm³/mol. The zero-order valence-electron chi connectivity index (χ0n) is 7.53. The van der Waals surface area contributed by atoms with Gasteiger partial charge in [-0.05, 0) is 17.5 Å². The first-order chi connectivity index (χ1) is 6.11. The first-order valence-electron chi connectivity index (χ1n) is 4.17. The van der Waals surface area contributed by atoms with Crippen LogP contribution in [0.15, 0.2) is 24.3 Å². The maximum absolute atomic E-state index is 9.51. The van der Waals surface area contributed by atoms with E-state index in [9.17, 15) is 5.11 Å². The molecule has 3 N–H and O–H groups in total. The van der Waals surface area contributed by atoms with Crippen LogP contribution in [0, 0.1) is 0 Å². The van der Waals surface area contributed by atoms with E-state index in [1.165, 1.54) is 0 Å². The summed E-state index contributed by atoms with van der Waals surface area (Å²) in [5.74, 6) is 0.491. The molecule has 0 fully saturated rings. The fourth-order valence-corrected chi connectivity index (χ4v) is 1.57. The fraction of sp³-hybridized carbons (Fsp3) is 0.300. The third-order valence-electron chi connectivity index (χ3n) is 1.98. The van der Waals surface area contributed by atoms with Crippen LogP contribution in [0.3, 0.4) is 0 Å². The van der Waals surface area contributed by atoms with Gasteiger partial charge in [-0.15, -0.1) is 0 Å². The first-order valence-corrected chi connectivity index (χ1v) is 4.58. The number of para-hydroxylation sites is 1. The maximum atomic E-state index is 9.51. The molecule has 1 atom stereocenters. The molecule has 2 nitrogen and oxygen atoms in total. The maximum Gasteiger partial charge on any atom is 0.119 e. The number of rotatable bonds is 3. The molecular weight excluding hydrogens is 182 g/mol. The molecule has 0 bridgehead atoms. The Morgan fingerprint density at radius 3 is 2.69 bits per heavy atom. The quantitative estimate of drug-likeness (QED) is 0.727. The molecule has 1 unspecified atom stereocenters. The van der Waals surface area contributed by atoms with Gasteiger partial charge in [-0.1, -0.05) is 37.3 Å². The lowest BCUT2D eigenvalue weighted by Gasteiger charge is -2.11. The van der Waals surface area contributed by atoms with Crippen LogP contribution in [0.25, 0.3) is 0 Å². The zero-order chi connectivity index (χ0) is 9.84. The van der Waals surface area contributed by atoms with E-state index < -0.39 is 0 Å². The molecule has 0 saturated carbocycles. The molecule has 0 amide bonds. The monoisotopic (exact) mass is 195 g/mol. The molecule has 1 aromatic rings. The Bertz CT molecular complexity index is 312. The van der Waals surface area contributed by atoms with Crippen LogP contribution in [0.2, 0.25) is 0 Å². The number of thiocarbonyl (C=S) groups is 1. The van der Waals surface area contributed by atoms with Crippen LogP contribution in [-0.2, 0) is 0 Å². The van der Waals surface area contributed by atoms with Gasteiger partial charge in [0.05, 0.1) is 4.99 Å². The minimum absolute atomic E-state index is 0.179. The molecule has 0 aliphatic rings. The Labute approximate surface area is 83.4 Å². The highest BCUT2D eigenvalue weighted by atomic mass is 32.1. The van der Waals surface area contributed by atoms with Gasteiger partial charge < -0.3 is 10.8 Å². The van der Waals surface area contributed by atoms with Crippen molar-refractivity contribution in [1.29, 1.82) is 0 Å². The van der Waals surface area contributed by atoms with Gasteiger partial charge in [-0.25, -0.2) is 0 Å². The Morgan fingerprint density at radius 2 is 2.15 bits per heavy atom. The molecule has 0 saturated heterocycles. The molecule has 3 heteroatoms. The molecule has 1 rings (SSSR count). The molecule has 0 aromatic heterocycles. The number of benzene rings is 1. The van der Waals surface area contributed by atoms with Gasteiger partial charge in [0.15, 0.2) is 0 Å². The minimum Gasteiger partial charge on any atom is -0.508 e. The van der Waals surface area contributed by atoms with Crippen molar-refractivity contribution in [3.05, 3.63) is 29.8 Å². The molecule has 1 aromatic carbocycles. The van der Waals surface area contributed by atoms with Gasteiger partial charge >= 0.3 is 0 Å². The van der Waals surface area contributed by atoms with E-state index in [0.29, 0.717) is 17.2 Å². The van der Waals surface area contributed by atoms with Crippen molar-refractivity contribution < 1.29 is 5.11 Å². The molecule has 0 spiro atoms. The highest BCUT2D eigenvalue weighted by Gasteiger charge is 2.09. The third-order valence-corrected chi connectivity index (χ3v) is 2.14. The number of hydrogen-bond donors (Lipinski definition) is 2. The Morgan fingerprint density at radius 1 is 1.54 bits per heavy atom. The number of nitrogens with two attached hydrogens (primary N) is 1. The van der Waals surface area contributed by atoms with E-state index in [4.69, 9.17) is 18.0 Å². The van der Waals surface area contributed by atoms with Crippen LogP contribution in [0.5, 0.6) is 5.75 Å². The normalized spacial score (nSPS) is 12.4. The van der Waals surface area contributed by atoms with Crippen LogP contribution in [-0.4, -0.2) is 10.1 Å².